The number of para-hydroxylation sites is 1. The molecule has 1 aliphatic heterocycles. The Morgan fingerprint density at radius 1 is 1.42 bits per heavy atom. The van der Waals surface area contributed by atoms with E-state index in [1.54, 1.807) is 19.2 Å². The third-order valence-corrected chi connectivity index (χ3v) is 2.34. The van der Waals surface area contributed by atoms with Crippen LogP contribution in [0.15, 0.2) is 18.2 Å². The number of hydrogen-bond donors (Lipinski definition) is 1. The lowest BCUT2D eigenvalue weighted by molar-refractivity contribution is -0.114. The Morgan fingerprint density at radius 2 is 2.05 bits per heavy atom. The number of ether oxygens (including phenoxy) is 3. The maximum absolute atomic E-state index is 11.1. The van der Waals surface area contributed by atoms with Crippen molar-refractivity contribution in [3.63, 3.8) is 0 Å². The molecule has 0 aliphatic carbocycles. The van der Waals surface area contributed by atoms with E-state index in [1.165, 1.54) is 6.92 Å². The van der Waals surface area contributed by atoms with Gasteiger partial charge in [0.05, 0.1) is 13.7 Å². The first-order valence-corrected chi connectivity index (χ1v) is 6.39. The summed E-state index contributed by atoms with van der Waals surface area (Å²) >= 11 is 0. The molecule has 1 saturated heterocycles. The van der Waals surface area contributed by atoms with E-state index < -0.39 is 0 Å². The summed E-state index contributed by atoms with van der Waals surface area (Å²) in [7, 11) is 1.55. The molecule has 19 heavy (non-hydrogen) atoms. The number of carbonyl (C=O) groups excluding carboxylic acids is 1. The number of epoxide rings is 1. The van der Waals surface area contributed by atoms with Crippen LogP contribution in [0, 0.1) is 0 Å². The van der Waals surface area contributed by atoms with Gasteiger partial charge in [-0.25, -0.2) is 0 Å². The predicted octanol–water partition coefficient (Wildman–Crippen LogP) is 2.46. The molecule has 0 radical (unpaired) electrons. The number of benzene rings is 1. The first-order chi connectivity index (χ1) is 9.20. The van der Waals surface area contributed by atoms with Crippen LogP contribution in [0.4, 0.5) is 5.69 Å². The first-order valence-electron chi connectivity index (χ1n) is 6.39. The van der Waals surface area contributed by atoms with E-state index in [1.807, 2.05) is 19.9 Å². The van der Waals surface area contributed by atoms with E-state index in [4.69, 9.17) is 14.2 Å². The number of amides is 1. The summed E-state index contributed by atoms with van der Waals surface area (Å²) in [6, 6.07) is 5.37. The van der Waals surface area contributed by atoms with Gasteiger partial charge in [-0.1, -0.05) is 19.9 Å². The van der Waals surface area contributed by atoms with E-state index in [9.17, 15) is 4.79 Å². The van der Waals surface area contributed by atoms with Crippen LogP contribution < -0.4 is 14.8 Å². The highest BCUT2D eigenvalue weighted by Gasteiger charge is 2.24. The number of rotatable bonds is 5. The average Bonchev–Trinajstić information content (AvgIpc) is 3.23. The Bertz CT molecular complexity index is 416. The molecular weight excluding hydrogens is 246 g/mol. The van der Waals surface area contributed by atoms with Crippen molar-refractivity contribution in [3.05, 3.63) is 18.2 Å². The first kappa shape index (κ1) is 15.3. The molecule has 1 heterocycles. The van der Waals surface area contributed by atoms with Crippen molar-refractivity contribution in [2.45, 2.75) is 26.9 Å². The van der Waals surface area contributed by atoms with Crippen molar-refractivity contribution in [2.24, 2.45) is 0 Å². The number of hydrogen-bond acceptors (Lipinski definition) is 4. The van der Waals surface area contributed by atoms with Crippen molar-refractivity contribution in [1.82, 2.24) is 0 Å². The van der Waals surface area contributed by atoms with Gasteiger partial charge in [0.1, 0.15) is 29.9 Å². The molecule has 5 nitrogen and oxygen atoms in total. The summed E-state index contributed by atoms with van der Waals surface area (Å²) in [5, 5.41) is 2.71. The Kier molecular flexibility index (Phi) is 6.15. The van der Waals surface area contributed by atoms with Crippen molar-refractivity contribution in [2.75, 3.05) is 25.6 Å². The molecule has 1 atom stereocenters. The fourth-order valence-corrected chi connectivity index (χ4v) is 1.45. The molecule has 1 amide bonds. The van der Waals surface area contributed by atoms with Crippen LogP contribution in [-0.4, -0.2) is 32.3 Å². The Labute approximate surface area is 113 Å². The number of nitrogens with one attached hydrogen (secondary N) is 1. The second-order valence-corrected chi connectivity index (χ2v) is 3.78. The van der Waals surface area contributed by atoms with Crippen LogP contribution in [0.3, 0.4) is 0 Å². The standard InChI is InChI=1S/C12H15NO4.C2H6/c1-8(14)13-12-10(15-2)4-3-5-11(12)17-7-9-6-16-9;1-2/h3-5,9H,6-7H2,1-2H3,(H,13,14);1-2H3. The highest BCUT2D eigenvalue weighted by atomic mass is 16.6. The Hall–Kier alpha value is -1.75. The van der Waals surface area contributed by atoms with E-state index in [2.05, 4.69) is 5.32 Å². The fourth-order valence-electron chi connectivity index (χ4n) is 1.45. The molecule has 1 aromatic carbocycles. The van der Waals surface area contributed by atoms with E-state index in [0.717, 1.165) is 6.61 Å². The van der Waals surface area contributed by atoms with Gasteiger partial charge in [0, 0.05) is 6.92 Å². The van der Waals surface area contributed by atoms with Gasteiger partial charge in [-0.15, -0.1) is 0 Å². The molecule has 1 aromatic rings. The molecular formula is C14H21NO4. The quantitative estimate of drug-likeness (QED) is 0.832. The number of anilines is 1. The Balaban J connectivity index is 0.000000861. The largest absolute Gasteiger partial charge is 0.494 e. The lowest BCUT2D eigenvalue weighted by Crippen LogP contribution is -2.11. The molecule has 0 bridgehead atoms. The van der Waals surface area contributed by atoms with E-state index in [0.29, 0.717) is 23.8 Å². The normalized spacial score (nSPS) is 15.9. The van der Waals surface area contributed by atoms with E-state index in [-0.39, 0.29) is 12.0 Å². The third-order valence-electron chi connectivity index (χ3n) is 2.34. The van der Waals surface area contributed by atoms with Gasteiger partial charge in [0.25, 0.3) is 0 Å². The maximum Gasteiger partial charge on any atom is 0.221 e. The van der Waals surface area contributed by atoms with Crippen molar-refractivity contribution < 1.29 is 19.0 Å². The zero-order valence-corrected chi connectivity index (χ0v) is 11.9. The third kappa shape index (κ3) is 4.79. The molecule has 1 N–H and O–H groups in total. The highest BCUT2D eigenvalue weighted by Crippen LogP contribution is 2.34. The molecule has 1 fully saturated rings. The highest BCUT2D eigenvalue weighted by molar-refractivity contribution is 5.92. The van der Waals surface area contributed by atoms with Crippen LogP contribution in [0.25, 0.3) is 0 Å². The summed E-state index contributed by atoms with van der Waals surface area (Å²) in [5.74, 6) is 1.01. The minimum absolute atomic E-state index is 0.165. The minimum Gasteiger partial charge on any atom is -0.494 e. The van der Waals surface area contributed by atoms with Crippen LogP contribution >= 0.6 is 0 Å². The predicted molar refractivity (Wildman–Crippen MR) is 73.9 cm³/mol. The topological polar surface area (TPSA) is 60.1 Å². The van der Waals surface area contributed by atoms with Crippen molar-refractivity contribution in [3.8, 4) is 11.5 Å². The summed E-state index contributed by atoms with van der Waals surface area (Å²) in [5.41, 5.74) is 0.558. The van der Waals surface area contributed by atoms with Gasteiger partial charge in [-0.05, 0) is 12.1 Å². The summed E-state index contributed by atoms with van der Waals surface area (Å²) in [6.45, 7) is 6.67. The Morgan fingerprint density at radius 3 is 2.58 bits per heavy atom. The van der Waals surface area contributed by atoms with Gasteiger partial charge in [0.15, 0.2) is 0 Å². The van der Waals surface area contributed by atoms with E-state index >= 15 is 0 Å². The van der Waals surface area contributed by atoms with Gasteiger partial charge in [-0.3, -0.25) is 4.79 Å². The molecule has 1 aliphatic rings. The van der Waals surface area contributed by atoms with Gasteiger partial charge < -0.3 is 19.5 Å². The molecule has 0 saturated carbocycles. The van der Waals surface area contributed by atoms with Gasteiger partial charge in [-0.2, -0.15) is 0 Å². The second-order valence-electron chi connectivity index (χ2n) is 3.78. The molecule has 2 rings (SSSR count). The number of carbonyl (C=O) groups is 1. The van der Waals surface area contributed by atoms with Crippen LogP contribution in [0.2, 0.25) is 0 Å². The summed E-state index contributed by atoms with van der Waals surface area (Å²) in [4.78, 5) is 11.1. The van der Waals surface area contributed by atoms with Gasteiger partial charge >= 0.3 is 0 Å². The molecule has 0 aromatic heterocycles. The van der Waals surface area contributed by atoms with Crippen LogP contribution in [0.5, 0.6) is 11.5 Å². The monoisotopic (exact) mass is 267 g/mol. The minimum atomic E-state index is -0.165. The zero-order valence-electron chi connectivity index (χ0n) is 11.9. The lowest BCUT2D eigenvalue weighted by atomic mass is 10.2. The van der Waals surface area contributed by atoms with Crippen LogP contribution in [0.1, 0.15) is 20.8 Å². The molecule has 0 spiro atoms. The summed E-state index contributed by atoms with van der Waals surface area (Å²) < 4.78 is 15.8. The smallest absolute Gasteiger partial charge is 0.221 e. The maximum atomic E-state index is 11.1. The van der Waals surface area contributed by atoms with Crippen molar-refractivity contribution >= 4 is 11.6 Å². The van der Waals surface area contributed by atoms with Crippen molar-refractivity contribution in [1.29, 1.82) is 0 Å². The fraction of sp³-hybridized carbons (Fsp3) is 0.500. The lowest BCUT2D eigenvalue weighted by Gasteiger charge is -2.14. The van der Waals surface area contributed by atoms with Crippen LogP contribution in [-0.2, 0) is 9.53 Å². The SMILES string of the molecule is CC.COc1cccc(OCC2CO2)c1NC(C)=O. The summed E-state index contributed by atoms with van der Waals surface area (Å²) in [6.07, 6.45) is 0.173. The second kappa shape index (κ2) is 7.63. The zero-order chi connectivity index (χ0) is 14.3. The molecule has 1 unspecified atom stereocenters. The molecule has 106 valence electrons. The average molecular weight is 267 g/mol. The number of methoxy groups -OCH3 is 1. The molecule has 5 heteroatoms. The van der Waals surface area contributed by atoms with Gasteiger partial charge in [0.2, 0.25) is 5.91 Å².